The van der Waals surface area contributed by atoms with Gasteiger partial charge in [-0.2, -0.15) is 0 Å². The Kier molecular flexibility index (Phi) is 3.04. The molecular formula is C14H21NO3. The fourth-order valence-corrected chi connectivity index (χ4v) is 3.96. The number of carbonyl (C=O) groups excluding carboxylic acids is 2. The second kappa shape index (κ2) is 4.56. The lowest BCUT2D eigenvalue weighted by Crippen LogP contribution is -2.49. The molecule has 3 atom stereocenters. The SMILES string of the molecule is COC(=O)C1CCCCN1C(=O)C1C2CCCC21. The lowest BCUT2D eigenvalue weighted by molar-refractivity contribution is -0.155. The highest BCUT2D eigenvalue weighted by Gasteiger charge is 2.58. The summed E-state index contributed by atoms with van der Waals surface area (Å²) < 4.78 is 4.83. The fraction of sp³-hybridized carbons (Fsp3) is 0.857. The molecule has 0 aromatic carbocycles. The van der Waals surface area contributed by atoms with Gasteiger partial charge < -0.3 is 9.64 Å². The second-order valence-corrected chi connectivity index (χ2v) is 5.85. The molecule has 0 aromatic rings. The molecule has 0 aromatic heterocycles. The van der Waals surface area contributed by atoms with Crippen LogP contribution in [-0.4, -0.2) is 36.5 Å². The van der Waals surface area contributed by atoms with Gasteiger partial charge in [0.05, 0.1) is 7.11 Å². The van der Waals surface area contributed by atoms with E-state index in [1.807, 2.05) is 0 Å². The van der Waals surface area contributed by atoms with E-state index in [4.69, 9.17) is 4.74 Å². The Labute approximate surface area is 108 Å². The Morgan fingerprint density at radius 1 is 1.06 bits per heavy atom. The molecule has 0 N–H and O–H groups in total. The summed E-state index contributed by atoms with van der Waals surface area (Å²) in [5, 5.41) is 0. The maximum atomic E-state index is 12.5. The van der Waals surface area contributed by atoms with Crippen molar-refractivity contribution in [1.82, 2.24) is 4.90 Å². The number of rotatable bonds is 2. The van der Waals surface area contributed by atoms with Gasteiger partial charge in [-0.25, -0.2) is 4.79 Å². The van der Waals surface area contributed by atoms with E-state index in [1.165, 1.54) is 26.4 Å². The van der Waals surface area contributed by atoms with Crippen molar-refractivity contribution in [3.05, 3.63) is 0 Å². The molecule has 0 bridgehead atoms. The first-order chi connectivity index (χ1) is 8.74. The molecule has 4 nitrogen and oxygen atoms in total. The van der Waals surface area contributed by atoms with E-state index < -0.39 is 0 Å². The van der Waals surface area contributed by atoms with Crippen LogP contribution < -0.4 is 0 Å². The first kappa shape index (κ1) is 12.0. The zero-order valence-electron chi connectivity index (χ0n) is 10.9. The molecule has 1 amide bonds. The van der Waals surface area contributed by atoms with E-state index in [2.05, 4.69) is 0 Å². The van der Waals surface area contributed by atoms with Crippen LogP contribution in [0.2, 0.25) is 0 Å². The van der Waals surface area contributed by atoms with E-state index in [0.29, 0.717) is 11.8 Å². The topological polar surface area (TPSA) is 46.6 Å². The number of carbonyl (C=O) groups is 2. The number of esters is 1. The molecule has 18 heavy (non-hydrogen) atoms. The van der Waals surface area contributed by atoms with Gasteiger partial charge in [-0.1, -0.05) is 6.42 Å². The van der Waals surface area contributed by atoms with Crippen LogP contribution in [0.15, 0.2) is 0 Å². The van der Waals surface area contributed by atoms with Crippen molar-refractivity contribution in [2.45, 2.75) is 44.6 Å². The second-order valence-electron chi connectivity index (χ2n) is 5.85. The molecule has 4 heteroatoms. The predicted molar refractivity (Wildman–Crippen MR) is 65.7 cm³/mol. The molecule has 3 rings (SSSR count). The third-order valence-corrected chi connectivity index (χ3v) is 4.95. The monoisotopic (exact) mass is 251 g/mol. The number of piperidine rings is 1. The molecule has 3 fully saturated rings. The van der Waals surface area contributed by atoms with Gasteiger partial charge in [-0.05, 0) is 43.9 Å². The highest BCUT2D eigenvalue weighted by Crippen LogP contribution is 2.58. The Morgan fingerprint density at radius 3 is 2.44 bits per heavy atom. The quantitative estimate of drug-likeness (QED) is 0.700. The number of amides is 1. The van der Waals surface area contributed by atoms with Crippen molar-refractivity contribution < 1.29 is 14.3 Å². The van der Waals surface area contributed by atoms with Crippen LogP contribution in [0.3, 0.4) is 0 Å². The van der Waals surface area contributed by atoms with Crippen LogP contribution in [-0.2, 0) is 14.3 Å². The van der Waals surface area contributed by atoms with Gasteiger partial charge in [0.2, 0.25) is 5.91 Å². The van der Waals surface area contributed by atoms with Gasteiger partial charge >= 0.3 is 5.97 Å². The van der Waals surface area contributed by atoms with Gasteiger partial charge in [-0.3, -0.25) is 4.79 Å². The predicted octanol–water partition coefficient (Wildman–Crippen LogP) is 1.59. The van der Waals surface area contributed by atoms with E-state index in [1.54, 1.807) is 4.90 Å². The van der Waals surface area contributed by atoms with Gasteiger partial charge in [0.15, 0.2) is 0 Å². The Balaban J connectivity index is 1.69. The summed E-state index contributed by atoms with van der Waals surface area (Å²) in [6, 6.07) is -0.322. The van der Waals surface area contributed by atoms with Crippen molar-refractivity contribution in [3.63, 3.8) is 0 Å². The number of ether oxygens (including phenoxy) is 1. The molecule has 0 spiro atoms. The zero-order chi connectivity index (χ0) is 12.7. The first-order valence-corrected chi connectivity index (χ1v) is 7.12. The molecular weight excluding hydrogens is 230 g/mol. The number of fused-ring (bicyclic) bond motifs is 1. The van der Waals surface area contributed by atoms with Gasteiger partial charge in [0, 0.05) is 12.5 Å². The van der Waals surface area contributed by atoms with Gasteiger partial charge in [-0.15, -0.1) is 0 Å². The standard InChI is InChI=1S/C14H21NO3/c1-18-14(17)11-7-2-3-8-15(11)13(16)12-9-5-4-6-10(9)12/h9-12H,2-8H2,1H3. The van der Waals surface area contributed by atoms with Crippen molar-refractivity contribution in [3.8, 4) is 0 Å². The van der Waals surface area contributed by atoms with Crippen molar-refractivity contribution in [1.29, 1.82) is 0 Å². The Morgan fingerprint density at radius 2 is 1.78 bits per heavy atom. The number of likely N-dealkylation sites (tertiary alicyclic amines) is 1. The van der Waals surface area contributed by atoms with E-state index in [0.717, 1.165) is 25.8 Å². The minimum Gasteiger partial charge on any atom is -0.467 e. The van der Waals surface area contributed by atoms with E-state index in [-0.39, 0.29) is 23.8 Å². The van der Waals surface area contributed by atoms with Crippen LogP contribution in [0, 0.1) is 17.8 Å². The maximum Gasteiger partial charge on any atom is 0.328 e. The summed E-state index contributed by atoms with van der Waals surface area (Å²) in [5.41, 5.74) is 0. The first-order valence-electron chi connectivity index (χ1n) is 7.12. The summed E-state index contributed by atoms with van der Waals surface area (Å²) in [6.07, 6.45) is 6.48. The number of hydrogen-bond donors (Lipinski definition) is 0. The van der Waals surface area contributed by atoms with Crippen LogP contribution in [0.4, 0.5) is 0 Å². The summed E-state index contributed by atoms with van der Waals surface area (Å²) in [5.74, 6) is 1.45. The molecule has 1 saturated heterocycles. The highest BCUT2D eigenvalue weighted by atomic mass is 16.5. The van der Waals surface area contributed by atoms with Crippen molar-refractivity contribution in [2.75, 3.05) is 13.7 Å². The summed E-state index contributed by atoms with van der Waals surface area (Å²) >= 11 is 0. The smallest absolute Gasteiger partial charge is 0.328 e. The third-order valence-electron chi connectivity index (χ3n) is 4.95. The summed E-state index contributed by atoms with van der Waals surface area (Å²) in [6.45, 7) is 0.731. The molecule has 0 radical (unpaired) electrons. The molecule has 1 heterocycles. The largest absolute Gasteiger partial charge is 0.467 e. The average Bonchev–Trinajstić information content (AvgIpc) is 2.89. The highest BCUT2D eigenvalue weighted by molar-refractivity contribution is 5.88. The van der Waals surface area contributed by atoms with Crippen molar-refractivity contribution >= 4 is 11.9 Å². The lowest BCUT2D eigenvalue weighted by atomic mass is 10.0. The maximum absolute atomic E-state index is 12.5. The zero-order valence-corrected chi connectivity index (χ0v) is 10.9. The number of hydrogen-bond acceptors (Lipinski definition) is 3. The summed E-state index contributed by atoms with van der Waals surface area (Å²) in [4.78, 5) is 26.1. The Hall–Kier alpha value is -1.06. The molecule has 2 saturated carbocycles. The number of nitrogens with zero attached hydrogens (tertiary/aromatic N) is 1. The Bertz CT molecular complexity index is 358. The van der Waals surface area contributed by atoms with Crippen LogP contribution >= 0.6 is 0 Å². The summed E-state index contributed by atoms with van der Waals surface area (Å²) in [7, 11) is 1.41. The van der Waals surface area contributed by atoms with Crippen LogP contribution in [0.1, 0.15) is 38.5 Å². The minimum atomic E-state index is -0.322. The molecule has 2 aliphatic carbocycles. The normalized spacial score (nSPS) is 38.2. The molecule has 100 valence electrons. The van der Waals surface area contributed by atoms with Crippen LogP contribution in [0.5, 0.6) is 0 Å². The van der Waals surface area contributed by atoms with Gasteiger partial charge in [0.25, 0.3) is 0 Å². The minimum absolute atomic E-state index is 0.222. The van der Waals surface area contributed by atoms with E-state index >= 15 is 0 Å². The number of methoxy groups -OCH3 is 1. The lowest BCUT2D eigenvalue weighted by Gasteiger charge is -2.34. The average molecular weight is 251 g/mol. The third kappa shape index (κ3) is 1.82. The molecule has 3 unspecified atom stereocenters. The molecule has 3 aliphatic rings. The van der Waals surface area contributed by atoms with Gasteiger partial charge in [0.1, 0.15) is 6.04 Å². The molecule has 1 aliphatic heterocycles. The fourth-order valence-electron chi connectivity index (χ4n) is 3.96. The van der Waals surface area contributed by atoms with Crippen molar-refractivity contribution in [2.24, 2.45) is 17.8 Å². The van der Waals surface area contributed by atoms with E-state index in [9.17, 15) is 9.59 Å². The van der Waals surface area contributed by atoms with Crippen LogP contribution in [0.25, 0.3) is 0 Å².